The van der Waals surface area contributed by atoms with Crippen LogP contribution in [-0.2, 0) is 22.4 Å². The molecule has 39 heavy (non-hydrogen) atoms. The molecule has 2 amide bonds. The average Bonchev–Trinajstić information content (AvgIpc) is 2.99. The summed E-state index contributed by atoms with van der Waals surface area (Å²) >= 11 is 0. The SMILES string of the molecule is CN(C(=O)C(Cc1ccc2ccccc2c1)NC(=O)C1CCNCC1)[C@@H](CN)Cc1ccc2ccccc2c1. The third-order valence-corrected chi connectivity index (χ3v) is 8.03. The monoisotopic (exact) mass is 522 g/mol. The Balaban J connectivity index is 1.36. The molecule has 4 aromatic rings. The molecule has 6 nitrogen and oxygen atoms in total. The predicted molar refractivity (Wildman–Crippen MR) is 158 cm³/mol. The number of hydrogen-bond acceptors (Lipinski definition) is 4. The lowest BCUT2D eigenvalue weighted by Gasteiger charge is -2.32. The van der Waals surface area contributed by atoms with Gasteiger partial charge in [0.25, 0.3) is 0 Å². The van der Waals surface area contributed by atoms with Gasteiger partial charge in [-0.2, -0.15) is 0 Å². The van der Waals surface area contributed by atoms with Gasteiger partial charge < -0.3 is 21.3 Å². The van der Waals surface area contributed by atoms with Gasteiger partial charge in [-0.15, -0.1) is 0 Å². The van der Waals surface area contributed by atoms with Gasteiger partial charge in [0, 0.05) is 32.0 Å². The molecule has 1 aliphatic rings. The number of benzene rings is 4. The van der Waals surface area contributed by atoms with Crippen LogP contribution in [0.2, 0.25) is 0 Å². The number of amides is 2. The Hall–Kier alpha value is -3.74. The van der Waals surface area contributed by atoms with Crippen LogP contribution in [0.25, 0.3) is 21.5 Å². The molecule has 4 N–H and O–H groups in total. The zero-order chi connectivity index (χ0) is 27.2. The third-order valence-electron chi connectivity index (χ3n) is 8.03. The predicted octanol–water partition coefficient (Wildman–Crippen LogP) is 4.05. The lowest BCUT2D eigenvalue weighted by molar-refractivity contribution is -0.138. The molecular weight excluding hydrogens is 484 g/mol. The minimum Gasteiger partial charge on any atom is -0.344 e. The van der Waals surface area contributed by atoms with Crippen LogP contribution < -0.4 is 16.4 Å². The molecule has 0 saturated carbocycles. The highest BCUT2D eigenvalue weighted by atomic mass is 16.2. The van der Waals surface area contributed by atoms with Crippen LogP contribution in [0.4, 0.5) is 0 Å². The molecule has 0 aliphatic carbocycles. The Bertz CT molecular complexity index is 1450. The van der Waals surface area contributed by atoms with E-state index >= 15 is 0 Å². The summed E-state index contributed by atoms with van der Waals surface area (Å²) in [4.78, 5) is 29.0. The van der Waals surface area contributed by atoms with Crippen molar-refractivity contribution in [2.75, 3.05) is 26.7 Å². The molecule has 0 aromatic heterocycles. The van der Waals surface area contributed by atoms with E-state index in [2.05, 4.69) is 71.3 Å². The molecule has 0 radical (unpaired) electrons. The van der Waals surface area contributed by atoms with E-state index < -0.39 is 6.04 Å². The van der Waals surface area contributed by atoms with E-state index in [0.717, 1.165) is 47.8 Å². The highest BCUT2D eigenvalue weighted by Crippen LogP contribution is 2.20. The first-order chi connectivity index (χ1) is 19.0. The van der Waals surface area contributed by atoms with Gasteiger partial charge in [-0.25, -0.2) is 0 Å². The van der Waals surface area contributed by atoms with Crippen LogP contribution in [0.1, 0.15) is 24.0 Å². The van der Waals surface area contributed by atoms with E-state index in [0.29, 0.717) is 19.4 Å². The Labute approximate surface area is 230 Å². The highest BCUT2D eigenvalue weighted by Gasteiger charge is 2.31. The molecule has 1 heterocycles. The van der Waals surface area contributed by atoms with Gasteiger partial charge in [-0.3, -0.25) is 9.59 Å². The zero-order valence-corrected chi connectivity index (χ0v) is 22.6. The Morgan fingerprint density at radius 1 is 0.846 bits per heavy atom. The molecule has 1 fully saturated rings. The van der Waals surface area contributed by atoms with Crippen molar-refractivity contribution in [2.24, 2.45) is 11.7 Å². The van der Waals surface area contributed by atoms with Crippen LogP contribution in [0.15, 0.2) is 84.9 Å². The fraction of sp³-hybridized carbons (Fsp3) is 0.333. The van der Waals surface area contributed by atoms with Crippen molar-refractivity contribution in [3.8, 4) is 0 Å². The number of nitrogens with zero attached hydrogens (tertiary/aromatic N) is 1. The summed E-state index contributed by atoms with van der Waals surface area (Å²) < 4.78 is 0. The Kier molecular flexibility index (Phi) is 8.54. The van der Waals surface area contributed by atoms with Crippen LogP contribution in [0, 0.1) is 5.92 Å². The normalized spacial score (nSPS) is 15.6. The molecule has 0 bridgehead atoms. The minimum atomic E-state index is -0.663. The number of nitrogens with two attached hydrogens (primary N) is 1. The number of carbonyl (C=O) groups is 2. The molecule has 4 aromatic carbocycles. The van der Waals surface area contributed by atoms with Gasteiger partial charge in [0.2, 0.25) is 11.8 Å². The summed E-state index contributed by atoms with van der Waals surface area (Å²) in [6.45, 7) is 1.98. The van der Waals surface area contributed by atoms with Crippen molar-refractivity contribution < 1.29 is 9.59 Å². The van der Waals surface area contributed by atoms with E-state index in [1.54, 1.807) is 4.90 Å². The minimum absolute atomic E-state index is 0.0390. The first-order valence-electron chi connectivity index (χ1n) is 13.9. The van der Waals surface area contributed by atoms with E-state index in [1.165, 1.54) is 10.8 Å². The number of hydrogen-bond donors (Lipinski definition) is 3. The van der Waals surface area contributed by atoms with Gasteiger partial charge >= 0.3 is 0 Å². The van der Waals surface area contributed by atoms with Crippen molar-refractivity contribution in [3.05, 3.63) is 96.1 Å². The lowest BCUT2D eigenvalue weighted by atomic mass is 9.95. The van der Waals surface area contributed by atoms with E-state index in [-0.39, 0.29) is 23.8 Å². The molecule has 5 rings (SSSR count). The Morgan fingerprint density at radius 3 is 1.95 bits per heavy atom. The van der Waals surface area contributed by atoms with Crippen molar-refractivity contribution >= 4 is 33.4 Å². The van der Waals surface area contributed by atoms with Gasteiger partial charge in [0.05, 0.1) is 0 Å². The molecule has 202 valence electrons. The topological polar surface area (TPSA) is 87.5 Å². The molecule has 0 spiro atoms. The molecule has 1 aliphatic heterocycles. The average molecular weight is 523 g/mol. The Morgan fingerprint density at radius 2 is 1.38 bits per heavy atom. The number of rotatable bonds is 9. The second-order valence-electron chi connectivity index (χ2n) is 10.7. The van der Waals surface area contributed by atoms with Crippen molar-refractivity contribution in [1.82, 2.24) is 15.5 Å². The number of carbonyl (C=O) groups excluding carboxylic acids is 2. The fourth-order valence-electron chi connectivity index (χ4n) is 5.62. The largest absolute Gasteiger partial charge is 0.344 e. The van der Waals surface area contributed by atoms with Gasteiger partial charge in [-0.05, 0) is 65.0 Å². The maximum Gasteiger partial charge on any atom is 0.245 e. The van der Waals surface area contributed by atoms with Crippen LogP contribution in [0.3, 0.4) is 0 Å². The smallest absolute Gasteiger partial charge is 0.245 e. The van der Waals surface area contributed by atoms with E-state index in [4.69, 9.17) is 5.73 Å². The van der Waals surface area contributed by atoms with E-state index in [9.17, 15) is 9.59 Å². The summed E-state index contributed by atoms with van der Waals surface area (Å²) in [6.07, 6.45) is 2.64. The quantitative estimate of drug-likeness (QED) is 0.310. The zero-order valence-electron chi connectivity index (χ0n) is 22.6. The summed E-state index contributed by atoms with van der Waals surface area (Å²) in [5, 5.41) is 11.1. The summed E-state index contributed by atoms with van der Waals surface area (Å²) in [7, 11) is 1.81. The lowest BCUT2D eigenvalue weighted by Crippen LogP contribution is -2.54. The molecule has 1 saturated heterocycles. The third kappa shape index (κ3) is 6.47. The van der Waals surface area contributed by atoms with Gasteiger partial charge in [0.1, 0.15) is 6.04 Å². The van der Waals surface area contributed by atoms with Gasteiger partial charge in [-0.1, -0.05) is 84.9 Å². The summed E-state index contributed by atoms with van der Waals surface area (Å²) in [6, 6.07) is 28.2. The molecular formula is C33H38N4O2. The molecule has 1 unspecified atom stereocenters. The second kappa shape index (κ2) is 12.4. The number of fused-ring (bicyclic) bond motifs is 2. The van der Waals surface area contributed by atoms with Crippen molar-refractivity contribution in [2.45, 2.75) is 37.8 Å². The van der Waals surface area contributed by atoms with Gasteiger partial charge in [0.15, 0.2) is 0 Å². The summed E-state index contributed by atoms with van der Waals surface area (Å²) in [5.41, 5.74) is 8.37. The van der Waals surface area contributed by atoms with Crippen molar-refractivity contribution in [3.63, 3.8) is 0 Å². The second-order valence-corrected chi connectivity index (χ2v) is 10.7. The van der Waals surface area contributed by atoms with Crippen LogP contribution >= 0.6 is 0 Å². The maximum atomic E-state index is 14.0. The highest BCUT2D eigenvalue weighted by molar-refractivity contribution is 5.89. The maximum absolute atomic E-state index is 14.0. The fourth-order valence-corrected chi connectivity index (χ4v) is 5.62. The van der Waals surface area contributed by atoms with Crippen LogP contribution in [0.5, 0.6) is 0 Å². The molecule has 2 atom stereocenters. The first kappa shape index (κ1) is 26.9. The number of nitrogens with one attached hydrogen (secondary N) is 2. The van der Waals surface area contributed by atoms with Crippen molar-refractivity contribution in [1.29, 1.82) is 0 Å². The number of likely N-dealkylation sites (N-methyl/N-ethyl adjacent to an activating group) is 1. The first-order valence-corrected chi connectivity index (χ1v) is 13.9. The standard InChI is InChI=1S/C33H38N4O2/c1-37(30(22-34)20-23-10-12-25-6-2-4-8-28(25)18-23)33(39)31(36-32(38)27-14-16-35-17-15-27)21-24-11-13-26-7-3-5-9-29(26)19-24/h2-13,18-19,27,30-31,35H,14-17,20-22,34H2,1H3,(H,36,38)/t30-,31?/m1/s1. The van der Waals surface area contributed by atoms with E-state index in [1.807, 2.05) is 31.3 Å². The summed E-state index contributed by atoms with van der Waals surface area (Å²) in [5.74, 6) is -0.226. The van der Waals surface area contributed by atoms with Crippen LogP contribution in [-0.4, -0.2) is 55.5 Å². The molecule has 6 heteroatoms. The number of piperidine rings is 1.